The van der Waals surface area contributed by atoms with Crippen molar-refractivity contribution in [2.75, 3.05) is 69.5 Å². The number of hydrogen-bond donors (Lipinski definition) is 3. The molecular weight excluding hydrogens is 840 g/mol. The topological polar surface area (TPSA) is 135 Å². The van der Waals surface area contributed by atoms with E-state index >= 15 is 0 Å². The second kappa shape index (κ2) is 19.2. The Balaban J connectivity index is 1.08. The van der Waals surface area contributed by atoms with Gasteiger partial charge >= 0.3 is 24.4 Å². The largest absolute Gasteiger partial charge is 0.573 e. The number of anilines is 3. The van der Waals surface area contributed by atoms with Crippen molar-refractivity contribution in [3.05, 3.63) is 120 Å². The van der Waals surface area contributed by atoms with Crippen LogP contribution in [0.25, 0.3) is 6.08 Å². The summed E-state index contributed by atoms with van der Waals surface area (Å²) >= 11 is 0. The Bertz CT molecular complexity index is 2370. The number of ether oxygens (including phenoxy) is 2. The van der Waals surface area contributed by atoms with Gasteiger partial charge in [0, 0.05) is 105 Å². The number of nitrogens with one attached hydrogen (secondary N) is 3. The van der Waals surface area contributed by atoms with Gasteiger partial charge in [-0.25, -0.2) is 14.4 Å². The first-order chi connectivity index (χ1) is 31.0. The molecule has 0 aliphatic carbocycles. The normalized spacial score (nSPS) is 21.5. The molecule has 14 nitrogen and oxygen atoms in total. The van der Waals surface area contributed by atoms with Gasteiger partial charge in [0.1, 0.15) is 11.9 Å². The number of aryl methyl sites for hydroxylation is 1. The second-order valence-electron chi connectivity index (χ2n) is 17.6. The standard InChI is InChI=1S/C48H58F3N9O5/c1-8-10-37-31(2)52-23-18-39(37)56(5)41-29-59(45(62)54-34-13-15-36(16-14-34)65-48(49,50)51)24-19-33(41)28-58-25-20-40(38-17-22-53-43(38)58)57(6)42-30-60(26-21-47(42,3)4)46(63)55-35-12-9-11-32(27-35)44(61)64-7/h8-18,20,22-23,25,27,33,41-43,53H,19,21,24,26,28-30H2,1-7H3,(H,54,62)(H,55,63)/b10-8-/t33-,41?,42?,43?/m0/s1. The monoisotopic (exact) mass is 897 g/mol. The molecule has 4 amide bonds. The van der Waals surface area contributed by atoms with Crippen molar-refractivity contribution in [3.8, 4) is 5.75 Å². The Morgan fingerprint density at radius 1 is 0.969 bits per heavy atom. The highest BCUT2D eigenvalue weighted by Gasteiger charge is 2.43. The highest BCUT2D eigenvalue weighted by Crippen LogP contribution is 2.39. The summed E-state index contributed by atoms with van der Waals surface area (Å²) in [5, 5.41) is 9.42. The van der Waals surface area contributed by atoms with Crippen molar-refractivity contribution in [2.24, 2.45) is 11.3 Å². The number of nitrogens with zero attached hydrogens (tertiary/aromatic N) is 6. The number of esters is 1. The Kier molecular flexibility index (Phi) is 13.7. The third-order valence-electron chi connectivity index (χ3n) is 13.0. The van der Waals surface area contributed by atoms with Crippen LogP contribution < -0.4 is 25.6 Å². The lowest BCUT2D eigenvalue weighted by Crippen LogP contribution is -2.58. The zero-order chi connectivity index (χ0) is 46.6. The van der Waals surface area contributed by atoms with Crippen LogP contribution in [0.3, 0.4) is 0 Å². The molecule has 2 aromatic carbocycles. The Morgan fingerprint density at radius 2 is 1.69 bits per heavy atom. The number of aromatic nitrogens is 1. The molecule has 65 heavy (non-hydrogen) atoms. The number of likely N-dealkylation sites (tertiary alicyclic amines) is 2. The average molecular weight is 898 g/mol. The summed E-state index contributed by atoms with van der Waals surface area (Å²) in [5.74, 6) is -0.749. The summed E-state index contributed by atoms with van der Waals surface area (Å²) < 4.78 is 47.2. The lowest BCUT2D eigenvalue weighted by molar-refractivity contribution is -0.274. The predicted molar refractivity (Wildman–Crippen MR) is 245 cm³/mol. The summed E-state index contributed by atoms with van der Waals surface area (Å²) in [6.07, 6.45) is 10.7. The molecule has 4 aliphatic rings. The summed E-state index contributed by atoms with van der Waals surface area (Å²) in [4.78, 5) is 54.6. The number of allylic oxidation sites excluding steroid dienone is 2. The minimum atomic E-state index is -4.82. The molecule has 4 atom stereocenters. The molecule has 3 aromatic rings. The van der Waals surface area contributed by atoms with Crippen LogP contribution in [-0.4, -0.2) is 121 Å². The number of amides is 4. The van der Waals surface area contributed by atoms with Crippen molar-refractivity contribution >= 4 is 41.2 Å². The van der Waals surface area contributed by atoms with Crippen LogP contribution >= 0.6 is 0 Å². The van der Waals surface area contributed by atoms with Crippen molar-refractivity contribution in [3.63, 3.8) is 0 Å². The number of carbonyl (C=O) groups excluding carboxylic acids is 3. The lowest BCUT2D eigenvalue weighted by atomic mass is 9.77. The van der Waals surface area contributed by atoms with Crippen LogP contribution in [0.1, 0.15) is 55.2 Å². The number of benzene rings is 2. The molecule has 3 N–H and O–H groups in total. The fourth-order valence-electron chi connectivity index (χ4n) is 9.38. The van der Waals surface area contributed by atoms with Gasteiger partial charge in [0.15, 0.2) is 0 Å². The number of likely N-dealkylation sites (N-methyl/N-ethyl adjacent to an activating group) is 2. The number of fused-ring (bicyclic) bond motifs is 1. The molecule has 17 heteroatoms. The molecular formula is C48H58F3N9O5. The Labute approximate surface area is 378 Å². The van der Waals surface area contributed by atoms with Gasteiger partial charge in [0.25, 0.3) is 0 Å². The fraction of sp³-hybridized carbons (Fsp3) is 0.417. The summed E-state index contributed by atoms with van der Waals surface area (Å²) in [7, 11) is 5.47. The number of alkyl halides is 3. The van der Waals surface area contributed by atoms with Gasteiger partial charge in [0.05, 0.1) is 24.8 Å². The zero-order valence-electron chi connectivity index (χ0n) is 37.9. The predicted octanol–water partition coefficient (Wildman–Crippen LogP) is 8.26. The van der Waals surface area contributed by atoms with Crippen molar-refractivity contribution < 1.29 is 37.0 Å². The van der Waals surface area contributed by atoms with Crippen molar-refractivity contribution in [1.29, 1.82) is 0 Å². The molecule has 0 bridgehead atoms. The van der Waals surface area contributed by atoms with E-state index in [-0.39, 0.29) is 47.4 Å². The van der Waals surface area contributed by atoms with Crippen molar-refractivity contribution in [2.45, 2.75) is 65.1 Å². The summed E-state index contributed by atoms with van der Waals surface area (Å²) in [6, 6.07) is 13.1. The third kappa shape index (κ3) is 10.5. The zero-order valence-corrected chi connectivity index (χ0v) is 37.9. The molecule has 1 aromatic heterocycles. The highest BCUT2D eigenvalue weighted by molar-refractivity contribution is 5.94. The maximum atomic E-state index is 13.8. The fourth-order valence-corrected chi connectivity index (χ4v) is 9.38. The number of rotatable bonds is 11. The summed E-state index contributed by atoms with van der Waals surface area (Å²) in [6.45, 7) is 11.0. The van der Waals surface area contributed by atoms with Crippen LogP contribution in [-0.2, 0) is 4.74 Å². The first-order valence-corrected chi connectivity index (χ1v) is 21.8. The average Bonchev–Trinajstić information content (AvgIpc) is 3.78. The molecule has 346 valence electrons. The smallest absolute Gasteiger partial charge is 0.465 e. The number of urea groups is 2. The van der Waals surface area contributed by atoms with Crippen LogP contribution in [0.2, 0.25) is 0 Å². The van der Waals surface area contributed by atoms with E-state index in [2.05, 4.69) is 86.7 Å². The first kappa shape index (κ1) is 46.3. The van der Waals surface area contributed by atoms with E-state index in [1.165, 1.54) is 31.4 Å². The number of halogens is 3. The SMILES string of the molecule is C/C=C\c1c(N(C)C2CN(C(=O)Nc3ccc(OC(F)(F)F)cc3)CC[C@H]2CN2C=CC(N(C)C3CN(C(=O)Nc4cccc(C(=O)OC)c4)CCC3(C)C)=C3C=CNC32)ccnc1C. The molecule has 4 aliphatic heterocycles. The van der Waals surface area contributed by atoms with E-state index in [1.807, 2.05) is 43.2 Å². The maximum Gasteiger partial charge on any atom is 0.573 e. The van der Waals surface area contributed by atoms with E-state index in [0.717, 1.165) is 34.6 Å². The van der Waals surface area contributed by atoms with Gasteiger partial charge in [-0.05, 0) is 99.0 Å². The van der Waals surface area contributed by atoms with Crippen molar-refractivity contribution in [1.82, 2.24) is 29.9 Å². The van der Waals surface area contributed by atoms with Gasteiger partial charge in [-0.2, -0.15) is 0 Å². The number of methoxy groups -OCH3 is 1. The third-order valence-corrected chi connectivity index (χ3v) is 13.0. The minimum absolute atomic E-state index is 0.0217. The molecule has 2 saturated heterocycles. The Morgan fingerprint density at radius 3 is 2.40 bits per heavy atom. The van der Waals surface area contributed by atoms with Gasteiger partial charge in [0.2, 0.25) is 0 Å². The van der Waals surface area contributed by atoms with E-state index in [1.54, 1.807) is 35.4 Å². The molecule has 3 unspecified atom stereocenters. The van der Waals surface area contributed by atoms with E-state index in [0.29, 0.717) is 56.1 Å². The number of carbonyl (C=O) groups is 3. The van der Waals surface area contributed by atoms with Crippen LogP contribution in [0, 0.1) is 18.3 Å². The van der Waals surface area contributed by atoms with Gasteiger partial charge in [-0.3, -0.25) is 4.98 Å². The summed E-state index contributed by atoms with van der Waals surface area (Å²) in [5.41, 5.74) is 6.13. The van der Waals surface area contributed by atoms with Gasteiger partial charge in [-0.1, -0.05) is 32.1 Å². The molecule has 0 saturated carbocycles. The van der Waals surface area contributed by atoms with Gasteiger partial charge < -0.3 is 49.9 Å². The van der Waals surface area contributed by atoms with E-state index in [4.69, 9.17) is 4.74 Å². The molecule has 2 fully saturated rings. The second-order valence-corrected chi connectivity index (χ2v) is 17.6. The number of pyridine rings is 1. The highest BCUT2D eigenvalue weighted by atomic mass is 19.4. The molecule has 0 spiro atoms. The molecule has 5 heterocycles. The number of hydrogen-bond acceptors (Lipinski definition) is 10. The molecule has 7 rings (SSSR count). The minimum Gasteiger partial charge on any atom is -0.465 e. The van der Waals surface area contributed by atoms with Crippen LogP contribution in [0.5, 0.6) is 5.75 Å². The van der Waals surface area contributed by atoms with Gasteiger partial charge in [-0.15, -0.1) is 13.2 Å². The van der Waals surface area contributed by atoms with E-state index in [9.17, 15) is 27.6 Å². The maximum absolute atomic E-state index is 13.8. The van der Waals surface area contributed by atoms with Crippen LogP contribution in [0.4, 0.5) is 39.8 Å². The lowest BCUT2D eigenvalue weighted by Gasteiger charge is -2.50. The Hall–Kier alpha value is -6.65. The first-order valence-electron chi connectivity index (χ1n) is 21.8. The number of piperidine rings is 2. The molecule has 0 radical (unpaired) electrons. The van der Waals surface area contributed by atoms with E-state index < -0.39 is 12.3 Å². The quantitative estimate of drug-likeness (QED) is 0.162. The van der Waals surface area contributed by atoms with Crippen LogP contribution in [0.15, 0.2) is 103 Å².